The fraction of sp³-hybridized carbons (Fsp3) is 0.462. The van der Waals surface area contributed by atoms with Gasteiger partial charge in [-0.3, -0.25) is 0 Å². The molecule has 6 heteroatoms. The zero-order valence-corrected chi connectivity index (χ0v) is 12.4. The van der Waals surface area contributed by atoms with Gasteiger partial charge >= 0.3 is 5.97 Å². The van der Waals surface area contributed by atoms with Crippen LogP contribution in [-0.2, 0) is 10.0 Å². The minimum atomic E-state index is -3.67. The Bertz CT molecular complexity index is 578. The van der Waals surface area contributed by atoms with Gasteiger partial charge in [-0.05, 0) is 38.5 Å². The van der Waals surface area contributed by atoms with Crippen molar-refractivity contribution in [3.8, 4) is 0 Å². The smallest absolute Gasteiger partial charge is 0.335 e. The molecule has 1 aromatic rings. The summed E-state index contributed by atoms with van der Waals surface area (Å²) in [6.07, 6.45) is 0. The summed E-state index contributed by atoms with van der Waals surface area (Å²) in [5.41, 5.74) is 0.521. The van der Waals surface area contributed by atoms with E-state index in [9.17, 15) is 13.2 Å². The Balaban J connectivity index is 3.43. The van der Waals surface area contributed by atoms with Crippen LogP contribution in [0.25, 0.3) is 0 Å². The number of carbonyl (C=O) groups is 1. The highest BCUT2D eigenvalue weighted by atomic mass is 32.2. The predicted molar refractivity (Wildman–Crippen MR) is 72.8 cm³/mol. The van der Waals surface area contributed by atoms with Gasteiger partial charge in [-0.25, -0.2) is 13.2 Å². The summed E-state index contributed by atoms with van der Waals surface area (Å²) >= 11 is 0. The van der Waals surface area contributed by atoms with Crippen molar-refractivity contribution in [2.75, 3.05) is 6.54 Å². The van der Waals surface area contributed by atoms with Crippen LogP contribution >= 0.6 is 0 Å². The summed E-state index contributed by atoms with van der Waals surface area (Å²) in [5.74, 6) is -1.14. The van der Waals surface area contributed by atoms with Gasteiger partial charge in [-0.15, -0.1) is 0 Å². The van der Waals surface area contributed by atoms with Gasteiger partial charge < -0.3 is 5.11 Å². The average Bonchev–Trinajstić information content (AvgIpc) is 2.28. The fourth-order valence-corrected chi connectivity index (χ4v) is 3.85. The zero-order valence-electron chi connectivity index (χ0n) is 11.5. The molecule has 5 nitrogen and oxygen atoms in total. The van der Waals surface area contributed by atoms with E-state index in [0.717, 1.165) is 0 Å². The minimum Gasteiger partial charge on any atom is -0.478 e. The number of nitrogens with zero attached hydrogens (tertiary/aromatic N) is 1. The topological polar surface area (TPSA) is 74.7 Å². The quantitative estimate of drug-likeness (QED) is 0.899. The van der Waals surface area contributed by atoms with Crippen LogP contribution in [0.2, 0.25) is 0 Å². The first-order chi connectivity index (χ1) is 8.71. The molecule has 0 unspecified atom stereocenters. The summed E-state index contributed by atoms with van der Waals surface area (Å²) in [4.78, 5) is 11.0. The highest BCUT2D eigenvalue weighted by Crippen LogP contribution is 2.23. The van der Waals surface area contributed by atoms with Gasteiger partial charge in [0.1, 0.15) is 0 Å². The van der Waals surface area contributed by atoms with Gasteiger partial charge in [0.15, 0.2) is 0 Å². The summed E-state index contributed by atoms with van der Waals surface area (Å²) in [6.45, 7) is 7.34. The molecule has 0 aromatic heterocycles. The molecule has 0 amide bonds. The van der Waals surface area contributed by atoms with Gasteiger partial charge in [0.05, 0.1) is 10.5 Å². The zero-order chi connectivity index (χ0) is 14.8. The molecule has 0 fully saturated rings. The molecule has 0 aliphatic carbocycles. The van der Waals surface area contributed by atoms with E-state index in [4.69, 9.17) is 5.11 Å². The van der Waals surface area contributed by atoms with E-state index >= 15 is 0 Å². The number of aryl methyl sites for hydroxylation is 1. The van der Waals surface area contributed by atoms with E-state index in [1.165, 1.54) is 22.5 Å². The second-order valence-electron chi connectivity index (χ2n) is 4.59. The highest BCUT2D eigenvalue weighted by Gasteiger charge is 2.27. The van der Waals surface area contributed by atoms with Gasteiger partial charge in [0.2, 0.25) is 10.0 Å². The first kappa shape index (κ1) is 15.7. The molecule has 0 saturated carbocycles. The summed E-state index contributed by atoms with van der Waals surface area (Å²) in [7, 11) is -3.67. The number of hydrogen-bond acceptors (Lipinski definition) is 3. The van der Waals surface area contributed by atoms with E-state index < -0.39 is 16.0 Å². The van der Waals surface area contributed by atoms with Crippen LogP contribution in [0, 0.1) is 6.92 Å². The Labute approximate surface area is 113 Å². The molecule has 1 rings (SSSR count). The van der Waals surface area contributed by atoms with E-state index in [1.807, 2.05) is 0 Å². The van der Waals surface area contributed by atoms with Crippen LogP contribution in [-0.4, -0.2) is 36.4 Å². The fourth-order valence-electron chi connectivity index (χ4n) is 1.95. The number of hydrogen-bond donors (Lipinski definition) is 1. The van der Waals surface area contributed by atoms with Crippen LogP contribution in [0.4, 0.5) is 0 Å². The first-order valence-electron chi connectivity index (χ1n) is 6.07. The Morgan fingerprint density at radius 1 is 1.37 bits per heavy atom. The second kappa shape index (κ2) is 5.71. The van der Waals surface area contributed by atoms with Crippen molar-refractivity contribution in [2.45, 2.75) is 38.6 Å². The predicted octanol–water partition coefficient (Wildman–Crippen LogP) is 2.11. The average molecular weight is 285 g/mol. The number of carboxylic acid groups (broad SMARTS) is 1. The molecule has 0 heterocycles. The Morgan fingerprint density at radius 2 is 1.95 bits per heavy atom. The van der Waals surface area contributed by atoms with Gasteiger partial charge in [0, 0.05) is 12.6 Å². The molecule has 0 bridgehead atoms. The first-order valence-corrected chi connectivity index (χ1v) is 7.51. The van der Waals surface area contributed by atoms with E-state index in [0.29, 0.717) is 12.1 Å². The number of sulfonamides is 1. The molecule has 0 radical (unpaired) electrons. The normalized spacial score (nSPS) is 12.1. The van der Waals surface area contributed by atoms with Crippen LogP contribution in [0.1, 0.15) is 36.7 Å². The molecule has 1 aromatic carbocycles. The van der Waals surface area contributed by atoms with E-state index in [1.54, 1.807) is 27.7 Å². The molecule has 1 N–H and O–H groups in total. The molecule has 106 valence electrons. The Morgan fingerprint density at radius 3 is 2.37 bits per heavy atom. The number of rotatable bonds is 5. The van der Waals surface area contributed by atoms with Crippen LogP contribution in [0.15, 0.2) is 23.1 Å². The lowest BCUT2D eigenvalue weighted by molar-refractivity contribution is 0.0696. The molecule has 0 spiro atoms. The second-order valence-corrected chi connectivity index (χ2v) is 6.45. The lowest BCUT2D eigenvalue weighted by Gasteiger charge is -2.25. The van der Waals surface area contributed by atoms with Gasteiger partial charge in [0.25, 0.3) is 0 Å². The van der Waals surface area contributed by atoms with E-state index in [-0.39, 0.29) is 16.5 Å². The minimum absolute atomic E-state index is 0.0241. The molecule has 0 aliphatic rings. The largest absolute Gasteiger partial charge is 0.478 e. The summed E-state index contributed by atoms with van der Waals surface area (Å²) in [6, 6.07) is 3.97. The molecule has 19 heavy (non-hydrogen) atoms. The maximum Gasteiger partial charge on any atom is 0.335 e. The molecule has 0 saturated heterocycles. The molecular weight excluding hydrogens is 266 g/mol. The van der Waals surface area contributed by atoms with Gasteiger partial charge in [-0.1, -0.05) is 13.0 Å². The van der Waals surface area contributed by atoms with Crippen molar-refractivity contribution < 1.29 is 18.3 Å². The standard InChI is InChI=1S/C13H19NO4S/c1-5-14(9(2)3)19(17,18)12-8-11(13(15)16)7-6-10(12)4/h6-9H,5H2,1-4H3,(H,15,16). The van der Waals surface area contributed by atoms with Crippen LogP contribution < -0.4 is 0 Å². The number of benzene rings is 1. The Kier molecular flexibility index (Phi) is 4.70. The van der Waals surface area contributed by atoms with Crippen molar-refractivity contribution in [3.63, 3.8) is 0 Å². The molecule has 0 aliphatic heterocycles. The summed E-state index contributed by atoms with van der Waals surface area (Å²) in [5, 5.41) is 8.96. The van der Waals surface area contributed by atoms with Crippen molar-refractivity contribution in [3.05, 3.63) is 29.3 Å². The van der Waals surface area contributed by atoms with Crippen molar-refractivity contribution in [1.29, 1.82) is 0 Å². The van der Waals surface area contributed by atoms with Crippen LogP contribution in [0.5, 0.6) is 0 Å². The molecular formula is C13H19NO4S. The van der Waals surface area contributed by atoms with Crippen molar-refractivity contribution in [2.24, 2.45) is 0 Å². The lowest BCUT2D eigenvalue weighted by Crippen LogP contribution is -2.37. The molecule has 0 atom stereocenters. The lowest BCUT2D eigenvalue weighted by atomic mass is 10.1. The third-order valence-electron chi connectivity index (χ3n) is 2.91. The monoisotopic (exact) mass is 285 g/mol. The Hall–Kier alpha value is -1.40. The van der Waals surface area contributed by atoms with Crippen molar-refractivity contribution >= 4 is 16.0 Å². The SMILES string of the molecule is CCN(C(C)C)S(=O)(=O)c1cc(C(=O)O)ccc1C. The third-order valence-corrected chi connectivity index (χ3v) is 5.20. The van der Waals surface area contributed by atoms with Crippen molar-refractivity contribution in [1.82, 2.24) is 4.31 Å². The maximum absolute atomic E-state index is 12.5. The third kappa shape index (κ3) is 3.13. The number of carboxylic acids is 1. The van der Waals surface area contributed by atoms with Crippen LogP contribution in [0.3, 0.4) is 0 Å². The summed E-state index contributed by atoms with van der Waals surface area (Å²) < 4.78 is 26.4. The maximum atomic E-state index is 12.5. The van der Waals surface area contributed by atoms with E-state index in [2.05, 4.69) is 0 Å². The van der Waals surface area contributed by atoms with Gasteiger partial charge in [-0.2, -0.15) is 4.31 Å². The number of aromatic carboxylic acids is 1. The highest BCUT2D eigenvalue weighted by molar-refractivity contribution is 7.89.